The highest BCUT2D eigenvalue weighted by Gasteiger charge is 2.36. The zero-order valence-corrected chi connectivity index (χ0v) is 30.9. The minimum Gasteiger partial charge on any atom is -0.497 e. The molecule has 1 N–H and O–H groups in total. The lowest BCUT2D eigenvalue weighted by atomic mass is 10.0. The van der Waals surface area contributed by atoms with Crippen molar-refractivity contribution in [3.63, 3.8) is 0 Å². The van der Waals surface area contributed by atoms with Gasteiger partial charge in [-0.15, -0.1) is 0 Å². The van der Waals surface area contributed by atoms with Crippen LogP contribution in [0.15, 0.2) is 95.9 Å². The third kappa shape index (κ3) is 9.72. The van der Waals surface area contributed by atoms with Gasteiger partial charge < -0.3 is 29.2 Å². The Bertz CT molecular complexity index is 1880. The number of anilines is 1. The molecular formula is C39H47N3O8S. The lowest BCUT2D eigenvalue weighted by molar-refractivity contribution is -0.140. The van der Waals surface area contributed by atoms with Gasteiger partial charge in [0, 0.05) is 31.6 Å². The van der Waals surface area contributed by atoms with Gasteiger partial charge in [-0.2, -0.15) is 0 Å². The topological polar surface area (TPSA) is 124 Å². The Kier molecular flexibility index (Phi) is 13.7. The largest absolute Gasteiger partial charge is 0.497 e. The number of sulfonamides is 1. The molecule has 0 bridgehead atoms. The van der Waals surface area contributed by atoms with Gasteiger partial charge in [-0.05, 0) is 48.7 Å². The Balaban J connectivity index is 1.89. The minimum atomic E-state index is -4.49. The third-order valence-electron chi connectivity index (χ3n) is 8.41. The zero-order valence-electron chi connectivity index (χ0n) is 30.0. The molecule has 0 spiro atoms. The Morgan fingerprint density at radius 3 is 2.10 bits per heavy atom. The number of benzene rings is 4. The van der Waals surface area contributed by atoms with Crippen LogP contribution in [0.4, 0.5) is 5.69 Å². The molecule has 0 saturated carbocycles. The molecule has 1 atom stereocenters. The van der Waals surface area contributed by atoms with Crippen LogP contribution in [-0.4, -0.2) is 72.7 Å². The highest BCUT2D eigenvalue weighted by Crippen LogP contribution is 2.38. The van der Waals surface area contributed by atoms with Crippen LogP contribution >= 0.6 is 0 Å². The van der Waals surface area contributed by atoms with Crippen LogP contribution in [0.1, 0.15) is 36.5 Å². The first kappa shape index (κ1) is 38.6. The molecule has 4 aromatic carbocycles. The fourth-order valence-corrected chi connectivity index (χ4v) is 7.11. The molecule has 11 nitrogen and oxygen atoms in total. The minimum absolute atomic E-state index is 0.0543. The molecule has 272 valence electrons. The highest BCUT2D eigenvalue weighted by molar-refractivity contribution is 7.92. The van der Waals surface area contributed by atoms with Crippen LogP contribution in [0.25, 0.3) is 0 Å². The number of nitrogens with one attached hydrogen (secondary N) is 1. The van der Waals surface area contributed by atoms with E-state index in [9.17, 15) is 18.0 Å². The number of hydrogen-bond acceptors (Lipinski definition) is 8. The monoisotopic (exact) mass is 717 g/mol. The van der Waals surface area contributed by atoms with Crippen molar-refractivity contribution in [2.24, 2.45) is 0 Å². The average molecular weight is 718 g/mol. The van der Waals surface area contributed by atoms with E-state index in [2.05, 4.69) is 5.32 Å². The third-order valence-corrected chi connectivity index (χ3v) is 10.2. The number of rotatable bonds is 18. The van der Waals surface area contributed by atoms with Crippen molar-refractivity contribution in [2.75, 3.05) is 45.8 Å². The smallest absolute Gasteiger partial charge is 0.265 e. The number of carbonyl (C=O) groups is 2. The molecule has 0 aliphatic carbocycles. The normalized spacial score (nSPS) is 11.6. The maximum atomic E-state index is 14.9. The van der Waals surface area contributed by atoms with E-state index in [-0.39, 0.29) is 41.0 Å². The van der Waals surface area contributed by atoms with Crippen LogP contribution in [0.2, 0.25) is 0 Å². The molecule has 2 amide bonds. The predicted molar refractivity (Wildman–Crippen MR) is 197 cm³/mol. The molecule has 0 radical (unpaired) electrons. The van der Waals surface area contributed by atoms with E-state index in [0.29, 0.717) is 18.0 Å². The summed E-state index contributed by atoms with van der Waals surface area (Å²) in [6.45, 7) is 3.80. The van der Waals surface area contributed by atoms with Crippen molar-refractivity contribution in [3.8, 4) is 23.0 Å². The average Bonchev–Trinajstić information content (AvgIpc) is 3.14. The number of carbonyl (C=O) groups excluding carboxylic acids is 2. The van der Waals surface area contributed by atoms with Crippen LogP contribution in [0.5, 0.6) is 23.0 Å². The maximum absolute atomic E-state index is 14.9. The summed E-state index contributed by atoms with van der Waals surface area (Å²) in [6.07, 6.45) is 1.85. The van der Waals surface area contributed by atoms with Crippen molar-refractivity contribution in [1.82, 2.24) is 10.2 Å². The van der Waals surface area contributed by atoms with E-state index in [1.165, 1.54) is 57.6 Å². The lowest BCUT2D eigenvalue weighted by Crippen LogP contribution is -2.53. The predicted octanol–water partition coefficient (Wildman–Crippen LogP) is 5.78. The molecule has 12 heteroatoms. The molecule has 0 aliphatic rings. The molecule has 51 heavy (non-hydrogen) atoms. The molecular weight excluding hydrogens is 671 g/mol. The van der Waals surface area contributed by atoms with Crippen molar-refractivity contribution in [2.45, 2.75) is 50.6 Å². The van der Waals surface area contributed by atoms with Gasteiger partial charge in [-0.3, -0.25) is 13.9 Å². The molecule has 0 unspecified atom stereocenters. The fourth-order valence-electron chi connectivity index (χ4n) is 5.68. The van der Waals surface area contributed by atoms with E-state index in [4.69, 9.17) is 18.9 Å². The Hall–Kier alpha value is -5.23. The Morgan fingerprint density at radius 2 is 1.45 bits per heavy atom. The first-order valence-electron chi connectivity index (χ1n) is 16.7. The SMILES string of the molecule is CCCCNC(=O)[C@@H](Cc1ccccc1)N(Cc1cccc(C)c1)C(=O)CN(c1cc(OC)ccc1OC)S(=O)(=O)c1ccc(OC)c(OC)c1. The molecule has 0 aromatic heterocycles. The van der Waals surface area contributed by atoms with Gasteiger partial charge in [0.2, 0.25) is 11.8 Å². The number of nitrogens with zero attached hydrogens (tertiary/aromatic N) is 2. The van der Waals surface area contributed by atoms with Crippen LogP contribution in [0, 0.1) is 6.92 Å². The van der Waals surface area contributed by atoms with Gasteiger partial charge >= 0.3 is 0 Å². The van der Waals surface area contributed by atoms with Crippen molar-refractivity contribution >= 4 is 27.5 Å². The van der Waals surface area contributed by atoms with Crippen molar-refractivity contribution in [1.29, 1.82) is 0 Å². The number of methoxy groups -OCH3 is 4. The lowest BCUT2D eigenvalue weighted by Gasteiger charge is -2.34. The first-order valence-corrected chi connectivity index (χ1v) is 18.1. The maximum Gasteiger partial charge on any atom is 0.265 e. The highest BCUT2D eigenvalue weighted by atomic mass is 32.2. The summed E-state index contributed by atoms with van der Waals surface area (Å²) in [4.78, 5) is 30.2. The fraction of sp³-hybridized carbons (Fsp3) is 0.333. The van der Waals surface area contributed by atoms with E-state index >= 15 is 0 Å². The molecule has 0 aliphatic heterocycles. The van der Waals surface area contributed by atoms with Gasteiger partial charge in [0.25, 0.3) is 10.0 Å². The second kappa shape index (κ2) is 18.1. The van der Waals surface area contributed by atoms with Crippen LogP contribution in [0.3, 0.4) is 0 Å². The number of amides is 2. The summed E-state index contributed by atoms with van der Waals surface area (Å²) in [7, 11) is 1.24. The summed E-state index contributed by atoms with van der Waals surface area (Å²) in [6, 6.07) is 25.0. The molecule has 4 rings (SSSR count). The standard InChI is InChI=1S/C39H47N3O8S/c1-7-8-21-40-39(44)34(23-29-14-10-9-11-15-29)41(26-30-16-12-13-28(2)22-30)38(43)27-42(33-24-31(47-3)17-19-35(33)48-4)51(45,46)32-18-20-36(49-5)37(25-32)50-6/h9-20,22,24-25,34H,7-8,21,23,26-27H2,1-6H3,(H,40,44)/t34-/m1/s1. The number of ether oxygens (including phenoxy) is 4. The summed E-state index contributed by atoms with van der Waals surface area (Å²) in [5, 5.41) is 3.01. The summed E-state index contributed by atoms with van der Waals surface area (Å²) in [5.74, 6) is 0.129. The summed E-state index contributed by atoms with van der Waals surface area (Å²) >= 11 is 0. The molecule has 0 fully saturated rings. The van der Waals surface area contributed by atoms with Gasteiger partial charge in [0.15, 0.2) is 11.5 Å². The summed E-state index contributed by atoms with van der Waals surface area (Å²) < 4.78 is 52.2. The van der Waals surface area contributed by atoms with Crippen LogP contribution in [-0.2, 0) is 32.6 Å². The van der Waals surface area contributed by atoms with E-state index in [0.717, 1.165) is 33.8 Å². The zero-order chi connectivity index (χ0) is 37.0. The van der Waals surface area contributed by atoms with Gasteiger partial charge in [0.05, 0.1) is 39.0 Å². The quantitative estimate of drug-likeness (QED) is 0.129. The number of hydrogen-bond donors (Lipinski definition) is 1. The van der Waals surface area contributed by atoms with Gasteiger partial charge in [-0.25, -0.2) is 8.42 Å². The van der Waals surface area contributed by atoms with Crippen LogP contribution < -0.4 is 28.6 Å². The van der Waals surface area contributed by atoms with E-state index in [1.54, 1.807) is 12.1 Å². The van der Waals surface area contributed by atoms with Crippen molar-refractivity contribution in [3.05, 3.63) is 108 Å². The first-order chi connectivity index (χ1) is 24.6. The molecule has 4 aromatic rings. The Labute approximate surface area is 301 Å². The second-order valence-electron chi connectivity index (χ2n) is 11.9. The van der Waals surface area contributed by atoms with Gasteiger partial charge in [0.1, 0.15) is 24.1 Å². The number of unbranched alkanes of at least 4 members (excludes halogenated alkanes) is 1. The van der Waals surface area contributed by atoms with Crippen molar-refractivity contribution < 1.29 is 37.0 Å². The molecule has 0 heterocycles. The van der Waals surface area contributed by atoms with Gasteiger partial charge in [-0.1, -0.05) is 73.5 Å². The summed E-state index contributed by atoms with van der Waals surface area (Å²) in [5.41, 5.74) is 2.68. The second-order valence-corrected chi connectivity index (χ2v) is 13.8. The number of aryl methyl sites for hydroxylation is 1. The van der Waals surface area contributed by atoms with E-state index in [1.807, 2.05) is 68.4 Å². The molecule has 0 saturated heterocycles. The van der Waals surface area contributed by atoms with E-state index < -0.39 is 28.5 Å². The Morgan fingerprint density at radius 1 is 0.765 bits per heavy atom.